The average Bonchev–Trinajstić information content (AvgIpc) is 2.85. The van der Waals surface area contributed by atoms with E-state index in [0.29, 0.717) is 0 Å². The molecule has 0 heterocycles. The van der Waals surface area contributed by atoms with Crippen molar-refractivity contribution in [2.45, 2.75) is 25.9 Å². The summed E-state index contributed by atoms with van der Waals surface area (Å²) < 4.78 is 0. The Bertz CT molecular complexity index is 262. The van der Waals surface area contributed by atoms with Crippen LogP contribution in [0.2, 0.25) is 0 Å². The number of aliphatic hydroxyl groups excluding tert-OH is 1. The van der Waals surface area contributed by atoms with Crippen LogP contribution in [0.1, 0.15) is 31.4 Å². The van der Waals surface area contributed by atoms with Gasteiger partial charge in [-0.25, -0.2) is 0 Å². The van der Waals surface area contributed by atoms with Gasteiger partial charge in [-0.05, 0) is 23.8 Å². The lowest BCUT2D eigenvalue weighted by Crippen LogP contribution is -2.09. The number of hydrogen-bond acceptors (Lipinski definition) is 1. The Morgan fingerprint density at radius 2 is 1.83 bits per heavy atom. The second kappa shape index (κ2) is 2.60. The molecule has 64 valence electrons. The van der Waals surface area contributed by atoms with Crippen molar-refractivity contribution in [3.05, 3.63) is 35.9 Å². The molecule has 1 unspecified atom stereocenters. The standard InChI is InChI=1S/C11H14O/c1-11(7-8-11)10(12)9-5-3-2-4-6-9/h2-6,10,12H,7-8H2,1H3. The Hall–Kier alpha value is -0.820. The summed E-state index contributed by atoms with van der Waals surface area (Å²) in [5.41, 5.74) is 1.22. The van der Waals surface area contributed by atoms with Crippen molar-refractivity contribution < 1.29 is 5.11 Å². The van der Waals surface area contributed by atoms with Gasteiger partial charge < -0.3 is 5.11 Å². The zero-order chi connectivity index (χ0) is 8.60. The SMILES string of the molecule is CC1(C(O)c2ccccc2)CC1. The Labute approximate surface area is 73.0 Å². The molecule has 1 aromatic carbocycles. The second-order valence-electron chi connectivity index (χ2n) is 3.97. The molecule has 1 fully saturated rings. The van der Waals surface area contributed by atoms with Crippen LogP contribution in [-0.2, 0) is 0 Å². The molecule has 0 aromatic heterocycles. The highest BCUT2D eigenvalue weighted by Crippen LogP contribution is 2.54. The molecular weight excluding hydrogens is 148 g/mol. The van der Waals surface area contributed by atoms with Gasteiger partial charge in [0, 0.05) is 0 Å². The first kappa shape index (κ1) is 7.81. The predicted molar refractivity (Wildman–Crippen MR) is 48.7 cm³/mol. The number of hydrogen-bond donors (Lipinski definition) is 1. The fourth-order valence-corrected chi connectivity index (χ4v) is 1.51. The van der Waals surface area contributed by atoms with Crippen LogP contribution in [0.25, 0.3) is 0 Å². The maximum Gasteiger partial charge on any atom is 0.0843 e. The van der Waals surface area contributed by atoms with E-state index in [1.54, 1.807) is 0 Å². The van der Waals surface area contributed by atoms with Crippen molar-refractivity contribution in [2.75, 3.05) is 0 Å². The highest BCUT2D eigenvalue weighted by molar-refractivity contribution is 5.21. The first-order valence-electron chi connectivity index (χ1n) is 4.45. The summed E-state index contributed by atoms with van der Waals surface area (Å²) in [5.74, 6) is 0. The summed E-state index contributed by atoms with van der Waals surface area (Å²) in [6.45, 7) is 2.14. The smallest absolute Gasteiger partial charge is 0.0843 e. The van der Waals surface area contributed by atoms with Gasteiger partial charge in [0.1, 0.15) is 0 Å². The lowest BCUT2D eigenvalue weighted by Gasteiger charge is -2.17. The molecule has 1 aromatic rings. The summed E-state index contributed by atoms with van der Waals surface area (Å²) in [4.78, 5) is 0. The largest absolute Gasteiger partial charge is 0.388 e. The molecule has 0 bridgehead atoms. The quantitative estimate of drug-likeness (QED) is 0.708. The first-order chi connectivity index (χ1) is 5.72. The molecule has 1 N–H and O–H groups in total. The fraction of sp³-hybridized carbons (Fsp3) is 0.455. The van der Waals surface area contributed by atoms with Crippen LogP contribution in [0.5, 0.6) is 0 Å². The van der Waals surface area contributed by atoms with Gasteiger partial charge in [0.15, 0.2) is 0 Å². The van der Waals surface area contributed by atoms with Crippen molar-refractivity contribution in [1.29, 1.82) is 0 Å². The van der Waals surface area contributed by atoms with E-state index in [1.165, 1.54) is 0 Å². The van der Waals surface area contributed by atoms with E-state index in [0.717, 1.165) is 18.4 Å². The summed E-state index contributed by atoms with van der Waals surface area (Å²) in [6, 6.07) is 9.92. The Morgan fingerprint density at radius 1 is 1.25 bits per heavy atom. The highest BCUT2D eigenvalue weighted by atomic mass is 16.3. The van der Waals surface area contributed by atoms with Crippen molar-refractivity contribution in [1.82, 2.24) is 0 Å². The molecule has 0 radical (unpaired) electrons. The number of aliphatic hydroxyl groups is 1. The molecule has 1 nitrogen and oxygen atoms in total. The minimum Gasteiger partial charge on any atom is -0.388 e. The molecule has 0 spiro atoms. The number of rotatable bonds is 2. The zero-order valence-electron chi connectivity index (χ0n) is 7.33. The van der Waals surface area contributed by atoms with E-state index < -0.39 is 0 Å². The third kappa shape index (κ3) is 1.25. The monoisotopic (exact) mass is 162 g/mol. The normalized spacial score (nSPS) is 21.8. The van der Waals surface area contributed by atoms with Gasteiger partial charge in [0.05, 0.1) is 6.10 Å². The number of benzene rings is 1. The van der Waals surface area contributed by atoms with Crippen LogP contribution in [0.3, 0.4) is 0 Å². The Morgan fingerprint density at radius 3 is 2.33 bits per heavy atom. The lowest BCUT2D eigenvalue weighted by atomic mass is 9.95. The van der Waals surface area contributed by atoms with Crippen molar-refractivity contribution in [2.24, 2.45) is 5.41 Å². The van der Waals surface area contributed by atoms with Gasteiger partial charge in [0.2, 0.25) is 0 Å². The third-order valence-corrected chi connectivity index (χ3v) is 2.81. The predicted octanol–water partition coefficient (Wildman–Crippen LogP) is 2.52. The van der Waals surface area contributed by atoms with Crippen molar-refractivity contribution >= 4 is 0 Å². The van der Waals surface area contributed by atoms with Crippen LogP contribution in [0, 0.1) is 5.41 Å². The van der Waals surface area contributed by atoms with E-state index in [4.69, 9.17) is 0 Å². The molecule has 1 aliphatic carbocycles. The Balaban J connectivity index is 2.20. The lowest BCUT2D eigenvalue weighted by molar-refractivity contribution is 0.104. The second-order valence-corrected chi connectivity index (χ2v) is 3.97. The average molecular weight is 162 g/mol. The first-order valence-corrected chi connectivity index (χ1v) is 4.45. The van der Waals surface area contributed by atoms with Gasteiger partial charge >= 0.3 is 0 Å². The molecule has 1 heteroatoms. The molecule has 0 aliphatic heterocycles. The van der Waals surface area contributed by atoms with E-state index in [2.05, 4.69) is 6.92 Å². The summed E-state index contributed by atoms with van der Waals surface area (Å²) in [7, 11) is 0. The van der Waals surface area contributed by atoms with Crippen LogP contribution in [0.4, 0.5) is 0 Å². The molecule has 1 atom stereocenters. The summed E-state index contributed by atoms with van der Waals surface area (Å²) in [5, 5.41) is 9.92. The summed E-state index contributed by atoms with van der Waals surface area (Å²) in [6.07, 6.45) is 2.05. The van der Waals surface area contributed by atoms with Crippen LogP contribution in [0.15, 0.2) is 30.3 Å². The minimum absolute atomic E-state index is 0.168. The maximum absolute atomic E-state index is 9.92. The van der Waals surface area contributed by atoms with Crippen LogP contribution in [-0.4, -0.2) is 5.11 Å². The van der Waals surface area contributed by atoms with Crippen LogP contribution < -0.4 is 0 Å². The van der Waals surface area contributed by atoms with Gasteiger partial charge in [-0.1, -0.05) is 37.3 Å². The molecule has 1 aliphatic rings. The van der Waals surface area contributed by atoms with Crippen molar-refractivity contribution in [3.8, 4) is 0 Å². The van der Waals surface area contributed by atoms with Gasteiger partial charge in [-0.15, -0.1) is 0 Å². The molecule has 12 heavy (non-hydrogen) atoms. The van der Waals surface area contributed by atoms with Crippen LogP contribution >= 0.6 is 0 Å². The topological polar surface area (TPSA) is 20.2 Å². The zero-order valence-corrected chi connectivity index (χ0v) is 7.33. The molecule has 0 saturated heterocycles. The minimum atomic E-state index is -0.265. The van der Waals surface area contributed by atoms with E-state index >= 15 is 0 Å². The molecular formula is C11H14O. The fourth-order valence-electron chi connectivity index (χ4n) is 1.51. The molecule has 1 saturated carbocycles. The van der Waals surface area contributed by atoms with Crippen molar-refractivity contribution in [3.63, 3.8) is 0 Å². The highest BCUT2D eigenvalue weighted by Gasteiger charge is 2.44. The van der Waals surface area contributed by atoms with Gasteiger partial charge in [-0.2, -0.15) is 0 Å². The van der Waals surface area contributed by atoms with Gasteiger partial charge in [0.25, 0.3) is 0 Å². The molecule has 2 rings (SSSR count). The Kier molecular flexibility index (Phi) is 1.69. The molecule has 0 amide bonds. The van der Waals surface area contributed by atoms with E-state index in [1.807, 2.05) is 30.3 Å². The van der Waals surface area contributed by atoms with Gasteiger partial charge in [-0.3, -0.25) is 0 Å². The third-order valence-electron chi connectivity index (χ3n) is 2.81. The van der Waals surface area contributed by atoms with E-state index in [9.17, 15) is 5.11 Å². The maximum atomic E-state index is 9.92. The van der Waals surface area contributed by atoms with E-state index in [-0.39, 0.29) is 11.5 Å². The summed E-state index contributed by atoms with van der Waals surface area (Å²) >= 11 is 0.